The summed E-state index contributed by atoms with van der Waals surface area (Å²) in [6, 6.07) is 1.93. The fourth-order valence-electron chi connectivity index (χ4n) is 1.73. The summed E-state index contributed by atoms with van der Waals surface area (Å²) in [6.45, 7) is 0. The minimum Gasteiger partial charge on any atom is -0.397 e. The average molecular weight is 209 g/mol. The Bertz CT molecular complexity index is 297. The van der Waals surface area contributed by atoms with Gasteiger partial charge in [0, 0.05) is 11.7 Å². The first kappa shape index (κ1) is 9.77. The van der Waals surface area contributed by atoms with E-state index >= 15 is 0 Å². The van der Waals surface area contributed by atoms with Gasteiger partial charge in [0.2, 0.25) is 0 Å². The van der Waals surface area contributed by atoms with Crippen molar-refractivity contribution in [1.82, 2.24) is 10.2 Å². The molecule has 0 bridgehead atoms. The quantitative estimate of drug-likeness (QED) is 0.808. The average Bonchev–Trinajstić information content (AvgIpc) is 2.19. The first-order valence-corrected chi connectivity index (χ1v) is 6.08. The third kappa shape index (κ3) is 2.61. The van der Waals surface area contributed by atoms with Crippen molar-refractivity contribution in [2.45, 2.75) is 30.9 Å². The van der Waals surface area contributed by atoms with Crippen LogP contribution in [-0.4, -0.2) is 21.2 Å². The smallest absolute Gasteiger partial charge is 0.0726 e. The molecule has 2 rings (SSSR count). The molecule has 1 unspecified atom stereocenters. The van der Waals surface area contributed by atoms with Crippen LogP contribution in [-0.2, 0) is 6.42 Å². The Balaban J connectivity index is 1.95. The van der Waals surface area contributed by atoms with Crippen molar-refractivity contribution in [3.8, 4) is 0 Å². The predicted octanol–water partition coefficient (Wildman–Crippen LogP) is 1.89. The number of hydrogen-bond acceptors (Lipinski definition) is 4. The molecule has 0 amide bonds. The SMILES string of the molecule is Nc1cnnc(CC2CCCCS2)c1. The van der Waals surface area contributed by atoms with E-state index < -0.39 is 0 Å². The highest BCUT2D eigenvalue weighted by atomic mass is 32.2. The van der Waals surface area contributed by atoms with E-state index in [4.69, 9.17) is 5.73 Å². The molecule has 1 aliphatic rings. The lowest BCUT2D eigenvalue weighted by Crippen LogP contribution is -2.13. The van der Waals surface area contributed by atoms with E-state index in [1.807, 2.05) is 6.07 Å². The van der Waals surface area contributed by atoms with Crippen LogP contribution in [0, 0.1) is 0 Å². The minimum absolute atomic E-state index is 0.718. The second kappa shape index (κ2) is 4.64. The Morgan fingerprint density at radius 1 is 1.50 bits per heavy atom. The molecule has 0 saturated carbocycles. The molecule has 1 atom stereocenters. The van der Waals surface area contributed by atoms with Crippen LogP contribution >= 0.6 is 11.8 Å². The molecule has 0 aliphatic carbocycles. The Kier molecular flexibility index (Phi) is 3.24. The summed E-state index contributed by atoms with van der Waals surface area (Å²) < 4.78 is 0. The molecule has 14 heavy (non-hydrogen) atoms. The van der Waals surface area contributed by atoms with Gasteiger partial charge in [0.1, 0.15) is 0 Å². The Morgan fingerprint density at radius 3 is 3.14 bits per heavy atom. The lowest BCUT2D eigenvalue weighted by molar-refractivity contribution is 0.651. The molecule has 1 aromatic heterocycles. The standard InChI is InChI=1S/C10H15N3S/c11-8-5-9(13-12-7-8)6-10-3-1-2-4-14-10/h5,7,10H,1-4,6H2,(H2,11,13). The summed E-state index contributed by atoms with van der Waals surface area (Å²) in [7, 11) is 0. The molecule has 1 fully saturated rings. The van der Waals surface area contributed by atoms with Gasteiger partial charge in [-0.15, -0.1) is 0 Å². The van der Waals surface area contributed by atoms with Crippen LogP contribution in [0.1, 0.15) is 25.0 Å². The van der Waals surface area contributed by atoms with Crippen molar-refractivity contribution in [3.63, 3.8) is 0 Å². The van der Waals surface area contributed by atoms with Gasteiger partial charge in [-0.05, 0) is 24.7 Å². The Hall–Kier alpha value is -0.770. The van der Waals surface area contributed by atoms with Crippen molar-refractivity contribution < 1.29 is 0 Å². The van der Waals surface area contributed by atoms with Gasteiger partial charge in [-0.1, -0.05) is 6.42 Å². The highest BCUT2D eigenvalue weighted by Gasteiger charge is 2.15. The molecule has 4 heteroatoms. The van der Waals surface area contributed by atoms with Gasteiger partial charge < -0.3 is 5.73 Å². The highest BCUT2D eigenvalue weighted by molar-refractivity contribution is 7.99. The van der Waals surface area contributed by atoms with E-state index in [9.17, 15) is 0 Å². The van der Waals surface area contributed by atoms with Gasteiger partial charge in [-0.2, -0.15) is 22.0 Å². The van der Waals surface area contributed by atoms with Gasteiger partial charge in [0.05, 0.1) is 17.6 Å². The summed E-state index contributed by atoms with van der Waals surface area (Å²) >= 11 is 2.06. The van der Waals surface area contributed by atoms with E-state index in [0.29, 0.717) is 0 Å². The van der Waals surface area contributed by atoms with Crippen LogP contribution in [0.25, 0.3) is 0 Å². The van der Waals surface area contributed by atoms with Crippen LogP contribution in [0.3, 0.4) is 0 Å². The summed E-state index contributed by atoms with van der Waals surface area (Å²) in [5, 5.41) is 8.68. The molecule has 0 radical (unpaired) electrons. The van der Waals surface area contributed by atoms with Gasteiger partial charge in [-0.25, -0.2) is 0 Å². The number of anilines is 1. The molecule has 1 aromatic rings. The molecule has 1 saturated heterocycles. The van der Waals surface area contributed by atoms with Crippen molar-refractivity contribution in [1.29, 1.82) is 0 Å². The zero-order chi connectivity index (χ0) is 9.80. The highest BCUT2D eigenvalue weighted by Crippen LogP contribution is 2.27. The van der Waals surface area contributed by atoms with Crippen molar-refractivity contribution in [2.75, 3.05) is 11.5 Å². The summed E-state index contributed by atoms with van der Waals surface area (Å²) in [5.74, 6) is 1.29. The fraction of sp³-hybridized carbons (Fsp3) is 0.600. The number of hydrogen-bond donors (Lipinski definition) is 1. The zero-order valence-electron chi connectivity index (χ0n) is 8.15. The number of rotatable bonds is 2. The summed E-state index contributed by atoms with van der Waals surface area (Å²) in [5.41, 5.74) is 7.40. The van der Waals surface area contributed by atoms with Crippen molar-refractivity contribution >= 4 is 17.4 Å². The molecule has 0 aromatic carbocycles. The number of nitrogens with zero attached hydrogens (tertiary/aromatic N) is 2. The van der Waals surface area contributed by atoms with E-state index in [2.05, 4.69) is 22.0 Å². The lowest BCUT2D eigenvalue weighted by atomic mass is 10.1. The number of nitrogen functional groups attached to an aromatic ring is 1. The number of nitrogens with two attached hydrogens (primary N) is 1. The molecule has 2 heterocycles. The first-order valence-electron chi connectivity index (χ1n) is 5.03. The van der Waals surface area contributed by atoms with Crippen molar-refractivity contribution in [3.05, 3.63) is 18.0 Å². The maximum atomic E-state index is 5.65. The van der Waals surface area contributed by atoms with Gasteiger partial charge in [0.15, 0.2) is 0 Å². The van der Waals surface area contributed by atoms with E-state index in [1.165, 1.54) is 25.0 Å². The van der Waals surface area contributed by atoms with Crippen LogP contribution in [0.15, 0.2) is 12.3 Å². The second-order valence-corrected chi connectivity index (χ2v) is 5.08. The molecule has 1 aliphatic heterocycles. The third-order valence-electron chi connectivity index (χ3n) is 2.44. The van der Waals surface area contributed by atoms with Crippen LogP contribution in [0.4, 0.5) is 5.69 Å². The topological polar surface area (TPSA) is 51.8 Å². The zero-order valence-corrected chi connectivity index (χ0v) is 8.96. The van der Waals surface area contributed by atoms with Gasteiger partial charge in [0.25, 0.3) is 0 Å². The van der Waals surface area contributed by atoms with Gasteiger partial charge >= 0.3 is 0 Å². The van der Waals surface area contributed by atoms with Crippen LogP contribution in [0.5, 0.6) is 0 Å². The van der Waals surface area contributed by atoms with E-state index in [1.54, 1.807) is 6.20 Å². The Labute approximate surface area is 88.5 Å². The second-order valence-electron chi connectivity index (χ2n) is 3.67. The first-order chi connectivity index (χ1) is 6.84. The number of aromatic nitrogens is 2. The lowest BCUT2D eigenvalue weighted by Gasteiger charge is -2.20. The monoisotopic (exact) mass is 209 g/mol. The van der Waals surface area contributed by atoms with Crippen LogP contribution < -0.4 is 5.73 Å². The molecule has 2 N–H and O–H groups in total. The normalized spacial score (nSPS) is 22.1. The molecule has 0 spiro atoms. The largest absolute Gasteiger partial charge is 0.397 e. The maximum Gasteiger partial charge on any atom is 0.0726 e. The van der Waals surface area contributed by atoms with E-state index in [-0.39, 0.29) is 0 Å². The molecular formula is C10H15N3S. The molecular weight excluding hydrogens is 194 g/mol. The van der Waals surface area contributed by atoms with Crippen molar-refractivity contribution in [2.24, 2.45) is 0 Å². The number of thioether (sulfide) groups is 1. The summed E-state index contributed by atoms with van der Waals surface area (Å²) in [6.07, 6.45) is 6.64. The van der Waals surface area contributed by atoms with Crippen LogP contribution in [0.2, 0.25) is 0 Å². The third-order valence-corrected chi connectivity index (χ3v) is 3.84. The van der Waals surface area contributed by atoms with E-state index in [0.717, 1.165) is 23.1 Å². The minimum atomic E-state index is 0.718. The molecule has 3 nitrogen and oxygen atoms in total. The fourth-order valence-corrected chi connectivity index (χ4v) is 3.06. The maximum absolute atomic E-state index is 5.65. The Morgan fingerprint density at radius 2 is 2.43 bits per heavy atom. The predicted molar refractivity (Wildman–Crippen MR) is 60.2 cm³/mol. The molecule has 76 valence electrons. The summed E-state index contributed by atoms with van der Waals surface area (Å²) in [4.78, 5) is 0. The van der Waals surface area contributed by atoms with Gasteiger partial charge in [-0.3, -0.25) is 0 Å².